The van der Waals surface area contributed by atoms with Crippen LogP contribution in [0.5, 0.6) is 0 Å². The topological polar surface area (TPSA) is 46.5 Å². The Morgan fingerprint density at radius 3 is 2.62 bits per heavy atom. The molecule has 3 heteroatoms. The minimum Gasteiger partial charge on any atom is -0.465 e. The van der Waals surface area contributed by atoms with E-state index in [2.05, 4.69) is 0 Å². The molecule has 88 valence electrons. The van der Waals surface area contributed by atoms with E-state index in [9.17, 15) is 4.79 Å². The second kappa shape index (κ2) is 5.66. The van der Waals surface area contributed by atoms with Gasteiger partial charge in [-0.3, -0.25) is 0 Å². The fourth-order valence-corrected chi connectivity index (χ4v) is 1.70. The number of benzene rings is 1. The lowest BCUT2D eigenvalue weighted by Crippen LogP contribution is -2.05. The highest BCUT2D eigenvalue weighted by Crippen LogP contribution is 2.18. The van der Waals surface area contributed by atoms with Crippen LogP contribution < -0.4 is 0 Å². The fourth-order valence-electron chi connectivity index (χ4n) is 1.70. The number of carbonyl (C=O) groups excluding carboxylic acids is 1. The standard InChI is InChI=1S/C13H18O3/c1-9-7-12(13(15)16-3)8-11(10(9)2)5-4-6-14/h7-8,14H,4-6H2,1-3H3. The second-order valence-corrected chi connectivity index (χ2v) is 3.90. The Labute approximate surface area is 96.1 Å². The van der Waals surface area contributed by atoms with E-state index >= 15 is 0 Å². The largest absolute Gasteiger partial charge is 0.465 e. The molecule has 1 rings (SSSR count). The summed E-state index contributed by atoms with van der Waals surface area (Å²) >= 11 is 0. The maximum Gasteiger partial charge on any atom is 0.337 e. The molecule has 1 N–H and O–H groups in total. The molecule has 0 fully saturated rings. The summed E-state index contributed by atoms with van der Waals surface area (Å²) in [5.74, 6) is -0.312. The zero-order valence-corrected chi connectivity index (χ0v) is 10.0. The van der Waals surface area contributed by atoms with Crippen LogP contribution in [0.1, 0.15) is 33.5 Å². The summed E-state index contributed by atoms with van der Waals surface area (Å²) in [7, 11) is 1.38. The number of esters is 1. The van der Waals surface area contributed by atoms with Gasteiger partial charge in [0.2, 0.25) is 0 Å². The van der Waals surface area contributed by atoms with Crippen LogP contribution in [0.2, 0.25) is 0 Å². The monoisotopic (exact) mass is 222 g/mol. The number of aryl methyl sites for hydroxylation is 2. The molecule has 0 aliphatic rings. The number of aliphatic hydroxyl groups is 1. The summed E-state index contributed by atoms with van der Waals surface area (Å²) in [5, 5.41) is 8.82. The molecule has 0 unspecified atom stereocenters. The van der Waals surface area contributed by atoms with Crippen LogP contribution in [-0.4, -0.2) is 24.8 Å². The molecule has 0 amide bonds. The molecular weight excluding hydrogens is 204 g/mol. The van der Waals surface area contributed by atoms with E-state index < -0.39 is 0 Å². The van der Waals surface area contributed by atoms with Crippen LogP contribution in [0.3, 0.4) is 0 Å². The van der Waals surface area contributed by atoms with Gasteiger partial charge in [-0.25, -0.2) is 4.79 Å². The van der Waals surface area contributed by atoms with E-state index in [1.807, 2.05) is 26.0 Å². The van der Waals surface area contributed by atoms with Crippen molar-refractivity contribution in [1.82, 2.24) is 0 Å². The van der Waals surface area contributed by atoms with Crippen molar-refractivity contribution < 1.29 is 14.6 Å². The summed E-state index contributed by atoms with van der Waals surface area (Å²) < 4.78 is 4.70. The van der Waals surface area contributed by atoms with E-state index in [-0.39, 0.29) is 12.6 Å². The van der Waals surface area contributed by atoms with E-state index in [0.29, 0.717) is 12.0 Å². The number of carbonyl (C=O) groups is 1. The van der Waals surface area contributed by atoms with Crippen molar-refractivity contribution in [2.75, 3.05) is 13.7 Å². The molecule has 0 saturated carbocycles. The number of ether oxygens (including phenoxy) is 1. The van der Waals surface area contributed by atoms with Gasteiger partial charge in [0.1, 0.15) is 0 Å². The van der Waals surface area contributed by atoms with E-state index in [1.54, 1.807) is 0 Å². The molecule has 0 heterocycles. The molecule has 16 heavy (non-hydrogen) atoms. The number of aliphatic hydroxyl groups excluding tert-OH is 1. The van der Waals surface area contributed by atoms with Gasteiger partial charge < -0.3 is 9.84 Å². The van der Waals surface area contributed by atoms with E-state index in [4.69, 9.17) is 9.84 Å². The van der Waals surface area contributed by atoms with Gasteiger partial charge in [-0.2, -0.15) is 0 Å². The Hall–Kier alpha value is -1.35. The highest BCUT2D eigenvalue weighted by molar-refractivity contribution is 5.90. The quantitative estimate of drug-likeness (QED) is 0.793. The third-order valence-electron chi connectivity index (χ3n) is 2.80. The van der Waals surface area contributed by atoms with Gasteiger partial charge in [0.15, 0.2) is 0 Å². The summed E-state index contributed by atoms with van der Waals surface area (Å²) in [6.45, 7) is 4.17. The molecule has 0 atom stereocenters. The van der Waals surface area contributed by atoms with Crippen molar-refractivity contribution >= 4 is 5.97 Å². The highest BCUT2D eigenvalue weighted by atomic mass is 16.5. The molecule has 0 bridgehead atoms. The van der Waals surface area contributed by atoms with Gasteiger partial charge in [0.25, 0.3) is 0 Å². The molecule has 0 spiro atoms. The van der Waals surface area contributed by atoms with Crippen LogP contribution in [-0.2, 0) is 11.2 Å². The number of methoxy groups -OCH3 is 1. The fraction of sp³-hybridized carbons (Fsp3) is 0.462. The summed E-state index contributed by atoms with van der Waals surface area (Å²) in [4.78, 5) is 11.4. The van der Waals surface area contributed by atoms with Gasteiger partial charge in [-0.05, 0) is 55.5 Å². The van der Waals surface area contributed by atoms with Crippen LogP contribution in [0.15, 0.2) is 12.1 Å². The zero-order chi connectivity index (χ0) is 12.1. The smallest absolute Gasteiger partial charge is 0.337 e. The molecular formula is C13H18O3. The summed E-state index contributed by atoms with van der Waals surface area (Å²) in [6.07, 6.45) is 1.50. The predicted octanol–water partition coefficient (Wildman–Crippen LogP) is 2.01. The van der Waals surface area contributed by atoms with Crippen LogP contribution in [0.4, 0.5) is 0 Å². The summed E-state index contributed by atoms with van der Waals surface area (Å²) in [5.41, 5.74) is 3.95. The van der Waals surface area contributed by atoms with E-state index in [1.165, 1.54) is 12.7 Å². The lowest BCUT2D eigenvalue weighted by molar-refractivity contribution is 0.0600. The lowest BCUT2D eigenvalue weighted by Gasteiger charge is -2.10. The first kappa shape index (κ1) is 12.7. The molecule has 3 nitrogen and oxygen atoms in total. The van der Waals surface area contributed by atoms with Crippen LogP contribution >= 0.6 is 0 Å². The Morgan fingerprint density at radius 2 is 2.06 bits per heavy atom. The predicted molar refractivity (Wildman–Crippen MR) is 62.7 cm³/mol. The van der Waals surface area contributed by atoms with Gasteiger partial charge >= 0.3 is 5.97 Å². The third-order valence-corrected chi connectivity index (χ3v) is 2.80. The molecule has 0 aliphatic heterocycles. The normalized spacial score (nSPS) is 10.2. The van der Waals surface area contributed by atoms with Crippen molar-refractivity contribution in [3.05, 3.63) is 34.4 Å². The molecule has 1 aromatic carbocycles. The first-order valence-corrected chi connectivity index (χ1v) is 5.39. The van der Waals surface area contributed by atoms with Crippen LogP contribution in [0.25, 0.3) is 0 Å². The van der Waals surface area contributed by atoms with Gasteiger partial charge in [-0.1, -0.05) is 0 Å². The number of rotatable bonds is 4. The summed E-state index contributed by atoms with van der Waals surface area (Å²) in [6, 6.07) is 3.69. The van der Waals surface area contributed by atoms with Gasteiger partial charge in [-0.15, -0.1) is 0 Å². The average molecular weight is 222 g/mol. The van der Waals surface area contributed by atoms with Gasteiger partial charge in [0.05, 0.1) is 12.7 Å². The molecule has 0 aromatic heterocycles. The third kappa shape index (κ3) is 2.83. The Balaban J connectivity index is 3.06. The molecule has 0 aliphatic carbocycles. The highest BCUT2D eigenvalue weighted by Gasteiger charge is 2.10. The van der Waals surface area contributed by atoms with Crippen molar-refractivity contribution in [2.24, 2.45) is 0 Å². The van der Waals surface area contributed by atoms with Crippen molar-refractivity contribution in [2.45, 2.75) is 26.7 Å². The number of hydrogen-bond donors (Lipinski definition) is 1. The maximum atomic E-state index is 11.4. The first-order chi connectivity index (χ1) is 7.60. The molecule has 0 radical (unpaired) electrons. The number of hydrogen-bond acceptors (Lipinski definition) is 3. The van der Waals surface area contributed by atoms with Crippen LogP contribution in [0, 0.1) is 13.8 Å². The maximum absolute atomic E-state index is 11.4. The minimum absolute atomic E-state index is 0.168. The Kier molecular flexibility index (Phi) is 4.50. The van der Waals surface area contributed by atoms with Crippen molar-refractivity contribution in [1.29, 1.82) is 0 Å². The average Bonchev–Trinajstić information content (AvgIpc) is 2.29. The Morgan fingerprint density at radius 1 is 1.38 bits per heavy atom. The first-order valence-electron chi connectivity index (χ1n) is 5.39. The second-order valence-electron chi connectivity index (χ2n) is 3.90. The molecule has 1 aromatic rings. The zero-order valence-electron chi connectivity index (χ0n) is 10.0. The van der Waals surface area contributed by atoms with E-state index in [0.717, 1.165) is 17.5 Å². The van der Waals surface area contributed by atoms with Crippen molar-refractivity contribution in [3.8, 4) is 0 Å². The van der Waals surface area contributed by atoms with Crippen molar-refractivity contribution in [3.63, 3.8) is 0 Å². The minimum atomic E-state index is -0.312. The lowest BCUT2D eigenvalue weighted by atomic mass is 9.96. The Bertz CT molecular complexity index is 383. The van der Waals surface area contributed by atoms with Gasteiger partial charge in [0, 0.05) is 6.61 Å². The SMILES string of the molecule is COC(=O)c1cc(C)c(C)c(CCCO)c1. The molecule has 0 saturated heterocycles.